The lowest BCUT2D eigenvalue weighted by Crippen LogP contribution is -2.58. The topological polar surface area (TPSA) is 111 Å². The van der Waals surface area contributed by atoms with E-state index < -0.39 is 30.2 Å². The minimum Gasteiger partial charge on any atom is -0.372 e. The third-order valence-corrected chi connectivity index (χ3v) is 6.93. The highest BCUT2D eigenvalue weighted by atomic mass is 19.1. The number of carbonyl (C=O) groups excluding carboxylic acids is 1. The van der Waals surface area contributed by atoms with Gasteiger partial charge in [0.1, 0.15) is 11.9 Å². The van der Waals surface area contributed by atoms with Crippen molar-refractivity contribution in [1.29, 1.82) is 0 Å². The van der Waals surface area contributed by atoms with Crippen molar-refractivity contribution in [2.75, 3.05) is 56.5 Å². The Balaban J connectivity index is 1.25. The van der Waals surface area contributed by atoms with Crippen molar-refractivity contribution in [2.45, 2.75) is 43.6 Å². The van der Waals surface area contributed by atoms with Gasteiger partial charge in [0.25, 0.3) is 0 Å². The van der Waals surface area contributed by atoms with Crippen LogP contribution in [0.5, 0.6) is 0 Å². The lowest BCUT2D eigenvalue weighted by Gasteiger charge is -2.41. The number of nitrogens with zero attached hydrogens (tertiary/aromatic N) is 4. The summed E-state index contributed by atoms with van der Waals surface area (Å²) in [5.74, 6) is -1.53. The lowest BCUT2D eigenvalue weighted by molar-refractivity contribution is -0.121. The number of rotatable bonds is 5. The summed E-state index contributed by atoms with van der Waals surface area (Å²) in [4.78, 5) is 21.3. The number of piperidine rings is 1. The fourth-order valence-corrected chi connectivity index (χ4v) is 5.25. The van der Waals surface area contributed by atoms with Crippen LogP contribution in [0.3, 0.4) is 0 Å². The molecule has 0 saturated carbocycles. The number of aromatic nitrogens is 1. The number of anilines is 2. The number of alkyl halides is 1. The molecule has 1 aromatic rings. The molecule has 1 aromatic heterocycles. The summed E-state index contributed by atoms with van der Waals surface area (Å²) in [5, 5.41) is 7.49. The number of hydrogen-bond acceptors (Lipinski definition) is 9. The van der Waals surface area contributed by atoms with E-state index in [1.54, 1.807) is 5.01 Å². The molecule has 12 heteroatoms. The normalized spacial score (nSPS) is 31.9. The Bertz CT molecular complexity index is 865. The van der Waals surface area contributed by atoms with Crippen molar-refractivity contribution in [3.8, 4) is 0 Å². The van der Waals surface area contributed by atoms with E-state index in [0.717, 1.165) is 32.1 Å². The van der Waals surface area contributed by atoms with E-state index in [-0.39, 0.29) is 31.2 Å². The van der Waals surface area contributed by atoms with Crippen molar-refractivity contribution < 1.29 is 18.3 Å². The van der Waals surface area contributed by atoms with Gasteiger partial charge >= 0.3 is 0 Å². The van der Waals surface area contributed by atoms with E-state index in [0.29, 0.717) is 24.5 Å². The number of likely N-dealkylation sites (N-methyl/N-ethyl adjacent to an activating group) is 1. The number of likely N-dealkylation sites (tertiary alicyclic amines) is 1. The molecule has 0 radical (unpaired) electrons. The molecule has 0 aliphatic carbocycles. The monoisotopic (exact) mass is 466 g/mol. The van der Waals surface area contributed by atoms with E-state index in [1.165, 1.54) is 6.20 Å². The Hall–Kier alpha value is -1.96. The third kappa shape index (κ3) is 4.68. The van der Waals surface area contributed by atoms with Gasteiger partial charge in [-0.1, -0.05) is 0 Å². The van der Waals surface area contributed by atoms with Gasteiger partial charge < -0.3 is 25.6 Å². The van der Waals surface area contributed by atoms with Gasteiger partial charge in [-0.25, -0.2) is 19.2 Å². The summed E-state index contributed by atoms with van der Waals surface area (Å²) in [5.41, 5.74) is 9.73. The maximum absolute atomic E-state index is 14.9. The number of halogens is 2. The molecule has 1 amide bonds. The first-order valence-corrected chi connectivity index (χ1v) is 11.6. The molecule has 5 rings (SSSR count). The van der Waals surface area contributed by atoms with Crippen LogP contribution in [0, 0.1) is 11.7 Å². The molecule has 4 fully saturated rings. The van der Waals surface area contributed by atoms with Crippen LogP contribution in [0.2, 0.25) is 0 Å². The van der Waals surface area contributed by atoms with Crippen LogP contribution in [0.15, 0.2) is 12.4 Å². The lowest BCUT2D eigenvalue weighted by atomic mass is 10.0. The standard InChI is InChI=1S/C21H32F2N8O2/c1-29-10-14(11-29)33-13-2-4-30(5-3-13)18-15(23)7-25-8-16(18)27-21(32)17-19(24)28-31-9-12(22)6-26-20(17)31/h7-8,12-14,17,19-20,26,28H,2-6,9-11,24H2,1H3,(H,27,32). The van der Waals surface area contributed by atoms with Crippen molar-refractivity contribution >= 4 is 17.3 Å². The van der Waals surface area contributed by atoms with E-state index in [1.807, 2.05) is 4.90 Å². The van der Waals surface area contributed by atoms with Crippen molar-refractivity contribution in [3.63, 3.8) is 0 Å². The van der Waals surface area contributed by atoms with Crippen molar-refractivity contribution in [3.05, 3.63) is 18.2 Å². The Morgan fingerprint density at radius 1 is 1.24 bits per heavy atom. The Morgan fingerprint density at radius 2 is 2.00 bits per heavy atom. The quantitative estimate of drug-likeness (QED) is 0.454. The first kappa shape index (κ1) is 22.8. The van der Waals surface area contributed by atoms with Gasteiger partial charge in [-0.3, -0.25) is 15.1 Å². The van der Waals surface area contributed by atoms with Crippen LogP contribution in [-0.4, -0.2) is 97.8 Å². The molecular formula is C21H32F2N8O2. The average molecular weight is 467 g/mol. The molecule has 4 saturated heterocycles. The molecule has 5 N–H and O–H groups in total. The average Bonchev–Trinajstić information content (AvgIpc) is 3.08. The number of nitrogens with one attached hydrogen (secondary N) is 3. The van der Waals surface area contributed by atoms with Crippen LogP contribution in [-0.2, 0) is 9.53 Å². The second-order valence-electron chi connectivity index (χ2n) is 9.46. The molecule has 182 valence electrons. The smallest absolute Gasteiger partial charge is 0.233 e. The Morgan fingerprint density at radius 3 is 2.73 bits per heavy atom. The fraction of sp³-hybridized carbons (Fsp3) is 0.714. The molecule has 4 atom stereocenters. The predicted molar refractivity (Wildman–Crippen MR) is 118 cm³/mol. The number of amides is 1. The molecule has 0 spiro atoms. The maximum atomic E-state index is 14.9. The van der Waals surface area contributed by atoms with Crippen molar-refractivity contribution in [1.82, 2.24) is 25.6 Å². The highest BCUT2D eigenvalue weighted by Gasteiger charge is 2.47. The highest BCUT2D eigenvalue weighted by Crippen LogP contribution is 2.33. The van der Waals surface area contributed by atoms with Gasteiger partial charge in [-0.15, -0.1) is 0 Å². The molecule has 0 bridgehead atoms. The van der Waals surface area contributed by atoms with Gasteiger partial charge in [0.2, 0.25) is 5.91 Å². The fourth-order valence-electron chi connectivity index (χ4n) is 5.25. The van der Waals surface area contributed by atoms with E-state index in [9.17, 15) is 13.6 Å². The second kappa shape index (κ2) is 9.35. The number of fused-ring (bicyclic) bond motifs is 1. The Labute approximate surface area is 191 Å². The third-order valence-electron chi connectivity index (χ3n) is 6.93. The summed E-state index contributed by atoms with van der Waals surface area (Å²) < 4.78 is 34.7. The number of hydrogen-bond donors (Lipinski definition) is 4. The first-order valence-electron chi connectivity index (χ1n) is 11.6. The molecule has 4 aliphatic rings. The molecule has 5 heterocycles. The molecular weight excluding hydrogens is 434 g/mol. The predicted octanol–water partition coefficient (Wildman–Crippen LogP) is -0.553. The number of nitrogens with two attached hydrogens (primary N) is 1. The van der Waals surface area contributed by atoms with Gasteiger partial charge in [0.15, 0.2) is 5.82 Å². The SMILES string of the molecule is CN1CC(OC2CCN(c3c(F)cncc3NC(=O)C3C(N)NN4CC(F)CNC34)CC2)C1. The number of ether oxygens (including phenoxy) is 1. The summed E-state index contributed by atoms with van der Waals surface area (Å²) in [7, 11) is 2.07. The van der Waals surface area contributed by atoms with Crippen molar-refractivity contribution in [2.24, 2.45) is 11.7 Å². The van der Waals surface area contributed by atoms with E-state index in [2.05, 4.69) is 33.0 Å². The molecule has 10 nitrogen and oxygen atoms in total. The van der Waals surface area contributed by atoms with E-state index in [4.69, 9.17) is 10.5 Å². The Kier molecular flexibility index (Phi) is 6.47. The summed E-state index contributed by atoms with van der Waals surface area (Å²) >= 11 is 0. The van der Waals surface area contributed by atoms with Gasteiger partial charge in [0, 0.05) is 39.3 Å². The van der Waals surface area contributed by atoms with Crippen LogP contribution in [0.4, 0.5) is 20.2 Å². The minimum atomic E-state index is -1.04. The zero-order valence-electron chi connectivity index (χ0n) is 18.7. The van der Waals surface area contributed by atoms with Crippen LogP contribution < -0.4 is 26.7 Å². The van der Waals surface area contributed by atoms with Gasteiger partial charge in [0.05, 0.1) is 48.5 Å². The molecule has 4 unspecified atom stereocenters. The van der Waals surface area contributed by atoms with E-state index >= 15 is 0 Å². The van der Waals surface area contributed by atoms with Crippen LogP contribution in [0.25, 0.3) is 0 Å². The molecule has 33 heavy (non-hydrogen) atoms. The highest BCUT2D eigenvalue weighted by molar-refractivity contribution is 5.96. The summed E-state index contributed by atoms with van der Waals surface area (Å²) in [6.45, 7) is 3.45. The number of hydrazine groups is 1. The molecule has 0 aromatic carbocycles. The second-order valence-corrected chi connectivity index (χ2v) is 9.46. The van der Waals surface area contributed by atoms with Gasteiger partial charge in [-0.05, 0) is 19.9 Å². The zero-order valence-corrected chi connectivity index (χ0v) is 18.7. The van der Waals surface area contributed by atoms with Crippen LogP contribution >= 0.6 is 0 Å². The van der Waals surface area contributed by atoms with Gasteiger partial charge in [-0.2, -0.15) is 0 Å². The summed E-state index contributed by atoms with van der Waals surface area (Å²) in [6.07, 6.45) is 2.48. The summed E-state index contributed by atoms with van der Waals surface area (Å²) in [6, 6.07) is 0. The number of pyridine rings is 1. The first-order chi connectivity index (χ1) is 15.9. The minimum absolute atomic E-state index is 0.149. The zero-order chi connectivity index (χ0) is 23.1. The largest absolute Gasteiger partial charge is 0.372 e. The van der Waals surface area contributed by atoms with Crippen LogP contribution in [0.1, 0.15) is 12.8 Å². The maximum Gasteiger partial charge on any atom is 0.233 e. The molecule has 4 aliphatic heterocycles. The number of carbonyl (C=O) groups is 1.